The number of piperidine rings is 1. The van der Waals surface area contributed by atoms with Gasteiger partial charge in [0.2, 0.25) is 0 Å². The van der Waals surface area contributed by atoms with E-state index in [4.69, 9.17) is 20.9 Å². The maximum atomic E-state index is 12.0. The first kappa shape index (κ1) is 15.6. The lowest BCUT2D eigenvalue weighted by molar-refractivity contribution is 0.0602. The van der Waals surface area contributed by atoms with Gasteiger partial charge in [-0.3, -0.25) is 0 Å². The number of nitrogens with two attached hydrogens (primary N) is 2. The van der Waals surface area contributed by atoms with E-state index in [2.05, 4.69) is 0 Å². The number of carbonyl (C=O) groups is 2. The van der Waals surface area contributed by atoms with Crippen molar-refractivity contribution in [3.63, 3.8) is 0 Å². The van der Waals surface area contributed by atoms with E-state index in [0.29, 0.717) is 18.1 Å². The van der Waals surface area contributed by atoms with Gasteiger partial charge in [-0.05, 0) is 12.8 Å². The first-order valence-electron chi connectivity index (χ1n) is 6.59. The van der Waals surface area contributed by atoms with Crippen molar-refractivity contribution in [1.82, 2.24) is 0 Å². The summed E-state index contributed by atoms with van der Waals surface area (Å²) in [6.07, 6.45) is 1.65. The van der Waals surface area contributed by atoms with Crippen molar-refractivity contribution in [2.24, 2.45) is 5.73 Å². The van der Waals surface area contributed by atoms with E-state index in [1.807, 2.05) is 4.90 Å². The van der Waals surface area contributed by atoms with E-state index in [1.165, 1.54) is 14.2 Å². The van der Waals surface area contributed by atoms with Crippen LogP contribution in [0.25, 0.3) is 0 Å². The number of thiophene rings is 1. The molecule has 1 aliphatic heterocycles. The second-order valence-electron chi connectivity index (χ2n) is 4.83. The molecular formula is C13H19N3O4S. The number of anilines is 2. The minimum absolute atomic E-state index is 0.114. The van der Waals surface area contributed by atoms with E-state index in [0.717, 1.165) is 24.2 Å². The van der Waals surface area contributed by atoms with Crippen LogP contribution in [0.5, 0.6) is 0 Å². The third-order valence-corrected chi connectivity index (χ3v) is 4.76. The van der Waals surface area contributed by atoms with Crippen molar-refractivity contribution in [3.05, 3.63) is 10.4 Å². The minimum Gasteiger partial charge on any atom is -0.465 e. The molecule has 0 unspecified atom stereocenters. The van der Waals surface area contributed by atoms with Gasteiger partial charge in [0.1, 0.15) is 15.4 Å². The SMILES string of the molecule is COC(=O)c1sc(N2CCC(N)CC2)c(C(=O)OC)c1N. The number of ether oxygens (including phenoxy) is 2. The van der Waals surface area contributed by atoms with Crippen LogP contribution in [0.1, 0.15) is 32.9 Å². The van der Waals surface area contributed by atoms with Gasteiger partial charge in [0.05, 0.1) is 19.9 Å². The number of carbonyl (C=O) groups excluding carboxylic acids is 2. The van der Waals surface area contributed by atoms with Gasteiger partial charge in [-0.1, -0.05) is 0 Å². The maximum Gasteiger partial charge on any atom is 0.350 e. The molecule has 8 heteroatoms. The smallest absolute Gasteiger partial charge is 0.350 e. The summed E-state index contributed by atoms with van der Waals surface area (Å²) >= 11 is 1.15. The van der Waals surface area contributed by atoms with Crippen LogP contribution in [0.15, 0.2) is 0 Å². The number of nitrogens with zero attached hydrogens (tertiary/aromatic N) is 1. The zero-order valence-corrected chi connectivity index (χ0v) is 12.9. The second kappa shape index (κ2) is 6.31. The second-order valence-corrected chi connectivity index (χ2v) is 5.83. The Labute approximate surface area is 126 Å². The molecule has 0 bridgehead atoms. The van der Waals surface area contributed by atoms with Crippen molar-refractivity contribution in [3.8, 4) is 0 Å². The standard InChI is InChI=1S/C13H19N3O4S/c1-19-12(17)8-9(15)10(13(18)20-2)21-11(8)16-5-3-7(14)4-6-16/h7H,3-6,14-15H2,1-2H3. The van der Waals surface area contributed by atoms with Crippen molar-refractivity contribution in [2.45, 2.75) is 18.9 Å². The first-order valence-corrected chi connectivity index (χ1v) is 7.40. The van der Waals surface area contributed by atoms with Crippen LogP contribution < -0.4 is 16.4 Å². The highest BCUT2D eigenvalue weighted by Gasteiger charge is 2.30. The van der Waals surface area contributed by atoms with Crippen molar-refractivity contribution in [2.75, 3.05) is 37.9 Å². The Hall–Kier alpha value is -1.80. The molecule has 2 rings (SSSR count). The lowest BCUT2D eigenvalue weighted by atomic mass is 10.1. The normalized spacial score (nSPS) is 15.9. The monoisotopic (exact) mass is 313 g/mol. The Bertz CT molecular complexity index is 550. The van der Waals surface area contributed by atoms with Gasteiger partial charge >= 0.3 is 11.9 Å². The van der Waals surface area contributed by atoms with Crippen LogP contribution in [0, 0.1) is 0 Å². The highest BCUT2D eigenvalue weighted by Crippen LogP contribution is 2.40. The highest BCUT2D eigenvalue weighted by atomic mass is 32.1. The molecule has 0 amide bonds. The van der Waals surface area contributed by atoms with Gasteiger partial charge in [-0.15, -0.1) is 11.3 Å². The first-order chi connectivity index (χ1) is 9.99. The summed E-state index contributed by atoms with van der Waals surface area (Å²) < 4.78 is 9.48. The van der Waals surface area contributed by atoms with Gasteiger partial charge in [0.15, 0.2) is 0 Å². The van der Waals surface area contributed by atoms with Crippen LogP contribution in [0.2, 0.25) is 0 Å². The number of rotatable bonds is 3. The molecule has 1 fully saturated rings. The minimum atomic E-state index is -0.553. The van der Waals surface area contributed by atoms with Crippen LogP contribution in [0.4, 0.5) is 10.7 Å². The number of hydrogen-bond acceptors (Lipinski definition) is 8. The van der Waals surface area contributed by atoms with Crippen molar-refractivity contribution in [1.29, 1.82) is 0 Å². The van der Waals surface area contributed by atoms with Gasteiger partial charge in [-0.25, -0.2) is 9.59 Å². The number of esters is 2. The fourth-order valence-corrected chi connectivity index (χ4v) is 3.48. The zero-order valence-electron chi connectivity index (χ0n) is 12.0. The molecule has 0 aromatic carbocycles. The van der Waals surface area contributed by atoms with Crippen LogP contribution in [-0.2, 0) is 9.47 Å². The Kier molecular flexibility index (Phi) is 4.69. The molecule has 2 heterocycles. The molecule has 21 heavy (non-hydrogen) atoms. The topological polar surface area (TPSA) is 108 Å². The van der Waals surface area contributed by atoms with E-state index in [9.17, 15) is 9.59 Å². The van der Waals surface area contributed by atoms with Crippen LogP contribution in [0.3, 0.4) is 0 Å². The average molecular weight is 313 g/mol. The van der Waals surface area contributed by atoms with E-state index < -0.39 is 11.9 Å². The Morgan fingerprint density at radius 2 is 1.76 bits per heavy atom. The quantitative estimate of drug-likeness (QED) is 0.796. The summed E-state index contributed by atoms with van der Waals surface area (Å²) in [5.41, 5.74) is 12.2. The van der Waals surface area contributed by atoms with Crippen LogP contribution in [-0.4, -0.2) is 45.3 Å². The Morgan fingerprint density at radius 1 is 1.19 bits per heavy atom. The predicted octanol–water partition coefficient (Wildman–Crippen LogP) is 0.831. The molecular weight excluding hydrogens is 294 g/mol. The molecule has 1 saturated heterocycles. The Balaban J connectivity index is 2.43. The molecule has 1 aromatic heterocycles. The molecule has 1 aromatic rings. The molecule has 0 saturated carbocycles. The van der Waals surface area contributed by atoms with E-state index in [1.54, 1.807) is 0 Å². The molecule has 0 radical (unpaired) electrons. The summed E-state index contributed by atoms with van der Waals surface area (Å²) in [4.78, 5) is 26.0. The van der Waals surface area contributed by atoms with Gasteiger partial charge in [0.25, 0.3) is 0 Å². The van der Waals surface area contributed by atoms with Crippen molar-refractivity contribution < 1.29 is 19.1 Å². The molecule has 7 nitrogen and oxygen atoms in total. The van der Waals surface area contributed by atoms with Crippen LogP contribution >= 0.6 is 11.3 Å². The lowest BCUT2D eigenvalue weighted by Gasteiger charge is -2.31. The van der Waals surface area contributed by atoms with Gasteiger partial charge < -0.3 is 25.8 Å². The largest absolute Gasteiger partial charge is 0.465 e. The third-order valence-electron chi connectivity index (χ3n) is 3.51. The molecule has 4 N–H and O–H groups in total. The fraction of sp³-hybridized carbons (Fsp3) is 0.538. The Morgan fingerprint density at radius 3 is 2.29 bits per heavy atom. The molecule has 116 valence electrons. The number of hydrogen-bond donors (Lipinski definition) is 2. The van der Waals surface area contributed by atoms with Gasteiger partial charge in [0, 0.05) is 19.1 Å². The zero-order chi connectivity index (χ0) is 15.6. The third kappa shape index (κ3) is 2.96. The summed E-state index contributed by atoms with van der Waals surface area (Å²) in [7, 11) is 2.56. The lowest BCUT2D eigenvalue weighted by Crippen LogP contribution is -2.39. The maximum absolute atomic E-state index is 12.0. The summed E-state index contributed by atoms with van der Waals surface area (Å²) in [6, 6.07) is 0.167. The summed E-state index contributed by atoms with van der Waals surface area (Å²) in [5.74, 6) is -1.11. The van der Waals surface area contributed by atoms with Crippen molar-refractivity contribution >= 4 is 34.0 Å². The molecule has 1 aliphatic rings. The average Bonchev–Trinajstić information content (AvgIpc) is 2.84. The summed E-state index contributed by atoms with van der Waals surface area (Å²) in [6.45, 7) is 1.43. The van der Waals surface area contributed by atoms with E-state index in [-0.39, 0.29) is 22.2 Å². The van der Waals surface area contributed by atoms with E-state index >= 15 is 0 Å². The molecule has 0 atom stereocenters. The molecule has 0 aliphatic carbocycles. The predicted molar refractivity (Wildman–Crippen MR) is 80.8 cm³/mol. The van der Waals surface area contributed by atoms with Gasteiger partial charge in [-0.2, -0.15) is 0 Å². The summed E-state index contributed by atoms with van der Waals surface area (Å²) in [5, 5.41) is 0.645. The number of methoxy groups -OCH3 is 2. The number of nitrogen functional groups attached to an aromatic ring is 1. The fourth-order valence-electron chi connectivity index (χ4n) is 2.30. The highest BCUT2D eigenvalue weighted by molar-refractivity contribution is 7.19. The molecule has 0 spiro atoms.